The molecule has 0 aromatic rings. The lowest BCUT2D eigenvalue weighted by atomic mass is 9.88. The van der Waals surface area contributed by atoms with Crippen molar-refractivity contribution in [2.24, 2.45) is 5.41 Å². The van der Waals surface area contributed by atoms with Crippen molar-refractivity contribution in [1.82, 2.24) is 5.32 Å². The monoisotopic (exact) mass is 233 g/mol. The van der Waals surface area contributed by atoms with Crippen LogP contribution in [0.5, 0.6) is 0 Å². The molecule has 1 aliphatic heterocycles. The van der Waals surface area contributed by atoms with Gasteiger partial charge in [-0.1, -0.05) is 20.8 Å². The lowest BCUT2D eigenvalue weighted by molar-refractivity contribution is 0.288. The van der Waals surface area contributed by atoms with E-state index in [0.717, 1.165) is 5.25 Å². The molecular weight excluding hydrogens is 210 g/mol. The summed E-state index contributed by atoms with van der Waals surface area (Å²) in [5, 5.41) is 4.49. The predicted octanol–water partition coefficient (Wildman–Crippen LogP) is 2.86. The number of hydrogen-bond acceptors (Lipinski definition) is 3. The molecule has 1 heterocycles. The topological polar surface area (TPSA) is 12.0 Å². The van der Waals surface area contributed by atoms with E-state index >= 15 is 0 Å². The third-order valence-corrected chi connectivity index (χ3v) is 5.68. The van der Waals surface area contributed by atoms with E-state index in [4.69, 9.17) is 0 Å². The molecule has 0 aromatic heterocycles. The van der Waals surface area contributed by atoms with Gasteiger partial charge in [0.15, 0.2) is 0 Å². The minimum absolute atomic E-state index is 0.381. The Kier molecular flexibility index (Phi) is 5.15. The number of rotatable bonds is 3. The Bertz CT molecular complexity index is 159. The maximum absolute atomic E-state index is 3.66. The van der Waals surface area contributed by atoms with E-state index in [0.29, 0.717) is 11.5 Å². The van der Waals surface area contributed by atoms with Gasteiger partial charge in [0.2, 0.25) is 0 Å². The molecule has 0 amide bonds. The van der Waals surface area contributed by atoms with Gasteiger partial charge in [0.1, 0.15) is 0 Å². The van der Waals surface area contributed by atoms with Crippen molar-refractivity contribution in [3.05, 3.63) is 0 Å². The summed E-state index contributed by atoms with van der Waals surface area (Å²) in [5.41, 5.74) is 0.381. The molecule has 1 fully saturated rings. The van der Waals surface area contributed by atoms with Gasteiger partial charge in [0, 0.05) is 35.1 Å². The van der Waals surface area contributed by atoms with E-state index in [1.165, 1.54) is 23.8 Å². The Labute approximate surface area is 97.2 Å². The Morgan fingerprint density at radius 2 is 2.07 bits per heavy atom. The van der Waals surface area contributed by atoms with Gasteiger partial charge in [-0.3, -0.25) is 0 Å². The minimum atomic E-state index is 0.381. The molecule has 0 spiro atoms. The molecule has 3 heteroatoms. The zero-order chi connectivity index (χ0) is 10.6. The molecule has 2 unspecified atom stereocenters. The van der Waals surface area contributed by atoms with Gasteiger partial charge in [-0.15, -0.1) is 0 Å². The highest BCUT2D eigenvalue weighted by Crippen LogP contribution is 2.24. The second kappa shape index (κ2) is 5.66. The first-order valence-corrected chi connectivity index (χ1v) is 7.63. The minimum Gasteiger partial charge on any atom is -0.313 e. The van der Waals surface area contributed by atoms with E-state index in [9.17, 15) is 0 Å². The predicted molar refractivity (Wildman–Crippen MR) is 70.5 cm³/mol. The van der Waals surface area contributed by atoms with Crippen LogP contribution in [0, 0.1) is 5.41 Å². The van der Waals surface area contributed by atoms with Crippen LogP contribution in [0.3, 0.4) is 0 Å². The number of nitrogens with one attached hydrogen (secondary N) is 1. The van der Waals surface area contributed by atoms with Crippen molar-refractivity contribution in [1.29, 1.82) is 0 Å². The summed E-state index contributed by atoms with van der Waals surface area (Å²) in [6, 6.07) is 0.607. The summed E-state index contributed by atoms with van der Waals surface area (Å²) in [7, 11) is 0. The lowest BCUT2D eigenvalue weighted by Gasteiger charge is -2.30. The van der Waals surface area contributed by atoms with E-state index in [1.807, 2.05) is 0 Å². The quantitative estimate of drug-likeness (QED) is 0.805. The van der Waals surface area contributed by atoms with E-state index in [2.05, 4.69) is 56.5 Å². The largest absolute Gasteiger partial charge is 0.313 e. The molecule has 2 atom stereocenters. The average Bonchev–Trinajstić information content (AvgIpc) is 2.14. The Morgan fingerprint density at radius 1 is 1.36 bits per heavy atom. The van der Waals surface area contributed by atoms with Crippen molar-refractivity contribution < 1.29 is 0 Å². The lowest BCUT2D eigenvalue weighted by Crippen LogP contribution is -2.41. The second-order valence-electron chi connectivity index (χ2n) is 5.06. The first-order valence-electron chi connectivity index (χ1n) is 5.43. The van der Waals surface area contributed by atoms with Crippen molar-refractivity contribution in [3.8, 4) is 0 Å². The number of hydrogen-bond donors (Lipinski definition) is 1. The molecule has 0 aliphatic carbocycles. The van der Waals surface area contributed by atoms with E-state index < -0.39 is 0 Å². The summed E-state index contributed by atoms with van der Waals surface area (Å²) < 4.78 is 0. The SMILES string of the molecule is CC(NCC1CSCCS1)C(C)(C)C. The fraction of sp³-hybridized carbons (Fsp3) is 1.00. The van der Waals surface area contributed by atoms with E-state index in [1.54, 1.807) is 0 Å². The smallest absolute Gasteiger partial charge is 0.0263 e. The summed E-state index contributed by atoms with van der Waals surface area (Å²) in [5.74, 6) is 4.01. The molecule has 0 radical (unpaired) electrons. The zero-order valence-electron chi connectivity index (χ0n) is 9.80. The normalized spacial score (nSPS) is 26.1. The van der Waals surface area contributed by atoms with Crippen molar-refractivity contribution >= 4 is 23.5 Å². The number of thioether (sulfide) groups is 2. The average molecular weight is 233 g/mol. The van der Waals surface area contributed by atoms with Crippen LogP contribution >= 0.6 is 23.5 Å². The molecule has 0 saturated carbocycles. The Morgan fingerprint density at radius 3 is 2.57 bits per heavy atom. The first-order chi connectivity index (χ1) is 6.50. The van der Waals surface area contributed by atoms with Crippen molar-refractivity contribution in [2.45, 2.75) is 39.0 Å². The van der Waals surface area contributed by atoms with Gasteiger partial charge in [-0.25, -0.2) is 0 Å². The Hall–Kier alpha value is 0.660. The molecular formula is C11H23NS2. The fourth-order valence-electron chi connectivity index (χ4n) is 1.27. The maximum Gasteiger partial charge on any atom is 0.0263 e. The summed E-state index contributed by atoms with van der Waals surface area (Å²) in [6.45, 7) is 10.4. The van der Waals surface area contributed by atoms with Crippen LogP contribution in [0.1, 0.15) is 27.7 Å². The van der Waals surface area contributed by atoms with Crippen LogP contribution in [0.15, 0.2) is 0 Å². The van der Waals surface area contributed by atoms with Gasteiger partial charge in [0.05, 0.1) is 0 Å². The molecule has 84 valence electrons. The molecule has 1 aliphatic rings. The summed E-state index contributed by atoms with van der Waals surface area (Å²) in [4.78, 5) is 0. The summed E-state index contributed by atoms with van der Waals surface area (Å²) in [6.07, 6.45) is 0. The van der Waals surface area contributed by atoms with Crippen molar-refractivity contribution in [3.63, 3.8) is 0 Å². The standard InChI is InChI=1S/C11H23NS2/c1-9(11(2,3)4)12-7-10-8-13-5-6-14-10/h9-10,12H,5-8H2,1-4H3. The van der Waals surface area contributed by atoms with Crippen molar-refractivity contribution in [2.75, 3.05) is 23.8 Å². The molecule has 14 heavy (non-hydrogen) atoms. The molecule has 1 rings (SSSR count). The molecule has 1 N–H and O–H groups in total. The van der Waals surface area contributed by atoms with Gasteiger partial charge in [0.25, 0.3) is 0 Å². The van der Waals surface area contributed by atoms with Crippen LogP contribution in [0.25, 0.3) is 0 Å². The molecule has 0 aromatic carbocycles. The van der Waals surface area contributed by atoms with Gasteiger partial charge >= 0.3 is 0 Å². The van der Waals surface area contributed by atoms with E-state index in [-0.39, 0.29) is 0 Å². The van der Waals surface area contributed by atoms with Crippen LogP contribution < -0.4 is 5.32 Å². The highest BCUT2D eigenvalue weighted by Gasteiger charge is 2.21. The second-order valence-corrected chi connectivity index (χ2v) is 7.62. The molecule has 0 bridgehead atoms. The van der Waals surface area contributed by atoms with Gasteiger partial charge in [-0.05, 0) is 12.3 Å². The highest BCUT2D eigenvalue weighted by atomic mass is 32.2. The third-order valence-electron chi connectivity index (χ3n) is 2.84. The zero-order valence-corrected chi connectivity index (χ0v) is 11.4. The first kappa shape index (κ1) is 12.7. The maximum atomic E-state index is 3.66. The summed E-state index contributed by atoms with van der Waals surface area (Å²) >= 11 is 4.23. The molecule has 1 nitrogen and oxygen atoms in total. The van der Waals surface area contributed by atoms with Gasteiger partial charge in [-0.2, -0.15) is 23.5 Å². The van der Waals surface area contributed by atoms with Gasteiger partial charge < -0.3 is 5.32 Å². The third kappa shape index (κ3) is 4.45. The highest BCUT2D eigenvalue weighted by molar-refractivity contribution is 8.06. The van der Waals surface area contributed by atoms with Crippen LogP contribution in [-0.2, 0) is 0 Å². The van der Waals surface area contributed by atoms with Crippen LogP contribution in [0.2, 0.25) is 0 Å². The van der Waals surface area contributed by atoms with Crippen LogP contribution in [-0.4, -0.2) is 35.1 Å². The fourth-order valence-corrected chi connectivity index (χ4v) is 3.89. The Balaban J connectivity index is 2.19. The van der Waals surface area contributed by atoms with Crippen LogP contribution in [0.4, 0.5) is 0 Å². The molecule has 1 saturated heterocycles.